The van der Waals surface area contributed by atoms with Crippen LogP contribution in [0.15, 0.2) is 66.4 Å². The summed E-state index contributed by atoms with van der Waals surface area (Å²) in [5.74, 6) is 0.479. The second-order valence-corrected chi connectivity index (χ2v) is 8.64. The number of nitrogens with one attached hydrogen (secondary N) is 1. The molecule has 1 heterocycles. The number of rotatable bonds is 6. The fourth-order valence-electron chi connectivity index (χ4n) is 3.75. The quantitative estimate of drug-likeness (QED) is 0.614. The summed E-state index contributed by atoms with van der Waals surface area (Å²) in [5.41, 5.74) is 3.43. The fraction of sp³-hybridized carbons (Fsp3) is 0.500. The topological polar surface area (TPSA) is 32.3 Å². The van der Waals surface area contributed by atoms with Gasteiger partial charge in [-0.3, -0.25) is 4.79 Å². The van der Waals surface area contributed by atoms with Crippen LogP contribution in [0.2, 0.25) is 0 Å². The summed E-state index contributed by atoms with van der Waals surface area (Å²) in [7, 11) is 0. The molecule has 3 nitrogen and oxygen atoms in total. The summed E-state index contributed by atoms with van der Waals surface area (Å²) >= 11 is 0. The number of hydrogen-bond donors (Lipinski definition) is 1. The molecule has 4 atom stereocenters. The number of allylic oxidation sites excluding steroid dienone is 5. The highest BCUT2D eigenvalue weighted by Crippen LogP contribution is 2.48. The van der Waals surface area contributed by atoms with Gasteiger partial charge in [-0.25, -0.2) is 4.39 Å². The third-order valence-electron chi connectivity index (χ3n) is 5.61. The number of alkyl halides is 1. The van der Waals surface area contributed by atoms with E-state index in [9.17, 15) is 9.18 Å². The van der Waals surface area contributed by atoms with Crippen molar-refractivity contribution in [2.45, 2.75) is 52.6 Å². The predicted octanol–water partition coefficient (Wildman–Crippen LogP) is 5.63. The van der Waals surface area contributed by atoms with E-state index < -0.39 is 6.17 Å². The molecule has 1 unspecified atom stereocenters. The van der Waals surface area contributed by atoms with E-state index in [1.807, 2.05) is 44.2 Å². The Morgan fingerprint density at radius 1 is 1.27 bits per heavy atom. The van der Waals surface area contributed by atoms with Crippen LogP contribution in [-0.2, 0) is 4.79 Å². The highest BCUT2D eigenvalue weighted by Gasteiger charge is 2.46. The van der Waals surface area contributed by atoms with E-state index in [2.05, 4.69) is 44.0 Å². The van der Waals surface area contributed by atoms with E-state index in [0.29, 0.717) is 19.0 Å². The molecule has 0 aromatic heterocycles. The lowest BCUT2D eigenvalue weighted by Crippen LogP contribution is -2.47. The van der Waals surface area contributed by atoms with Gasteiger partial charge in [-0.2, -0.15) is 0 Å². The van der Waals surface area contributed by atoms with Gasteiger partial charge >= 0.3 is 0 Å². The van der Waals surface area contributed by atoms with E-state index in [0.717, 1.165) is 18.5 Å². The smallest absolute Gasteiger partial charge is 0.226 e. The maximum absolute atomic E-state index is 14.3. The van der Waals surface area contributed by atoms with Gasteiger partial charge in [0.05, 0.1) is 6.54 Å². The molecule has 0 spiro atoms. The molecule has 3 rings (SSSR count). The number of amides is 1. The number of likely N-dealkylation sites (tertiary alicyclic amines) is 1. The van der Waals surface area contributed by atoms with Gasteiger partial charge in [0.15, 0.2) is 0 Å². The van der Waals surface area contributed by atoms with Crippen molar-refractivity contribution >= 4 is 5.91 Å². The van der Waals surface area contributed by atoms with Crippen LogP contribution in [0, 0.1) is 11.8 Å². The summed E-state index contributed by atoms with van der Waals surface area (Å²) < 4.78 is 14.3. The van der Waals surface area contributed by atoms with Crippen LogP contribution < -0.4 is 5.32 Å². The standard InChI is InChI=1S/C19H25FN2O.C7H12/c1-13(2)21-11-15-8-9-22(12-18(15)20)19(23)17-10-16(17)14-6-4-3-5-7-14;1-4-5-6-7(2)3/h3-7,15-18,21H,1,8-12H2,2H3;4-6H,1-3H3/b;5-4-/t15-,16+,17?,18-;/m1./s1. The van der Waals surface area contributed by atoms with Crippen molar-refractivity contribution in [1.29, 1.82) is 0 Å². The molecule has 1 saturated heterocycles. The maximum atomic E-state index is 14.3. The van der Waals surface area contributed by atoms with Crippen LogP contribution in [0.4, 0.5) is 4.39 Å². The van der Waals surface area contributed by atoms with E-state index in [1.165, 1.54) is 11.1 Å². The van der Waals surface area contributed by atoms with E-state index in [1.54, 1.807) is 4.90 Å². The predicted molar refractivity (Wildman–Crippen MR) is 124 cm³/mol. The number of carbonyl (C=O) groups excluding carboxylic acids is 1. The monoisotopic (exact) mass is 412 g/mol. The molecule has 164 valence electrons. The zero-order valence-electron chi connectivity index (χ0n) is 18.9. The molecular weight excluding hydrogens is 375 g/mol. The van der Waals surface area contributed by atoms with Gasteiger partial charge in [-0.05, 0) is 52.0 Å². The Kier molecular flexibility index (Phi) is 9.35. The van der Waals surface area contributed by atoms with Crippen molar-refractivity contribution in [2.75, 3.05) is 19.6 Å². The molecule has 1 N–H and O–H groups in total. The van der Waals surface area contributed by atoms with Gasteiger partial charge < -0.3 is 10.2 Å². The molecule has 2 aliphatic rings. The number of carbonyl (C=O) groups is 1. The van der Waals surface area contributed by atoms with Crippen molar-refractivity contribution in [3.8, 4) is 0 Å². The zero-order valence-corrected chi connectivity index (χ0v) is 18.9. The van der Waals surface area contributed by atoms with Crippen molar-refractivity contribution in [3.05, 3.63) is 72.0 Å². The van der Waals surface area contributed by atoms with Crippen LogP contribution >= 0.6 is 0 Å². The molecule has 1 aliphatic heterocycles. The Labute approximate surface area is 181 Å². The highest BCUT2D eigenvalue weighted by molar-refractivity contribution is 5.83. The lowest BCUT2D eigenvalue weighted by Gasteiger charge is -2.35. The first-order chi connectivity index (χ1) is 14.3. The van der Waals surface area contributed by atoms with Crippen molar-refractivity contribution in [3.63, 3.8) is 0 Å². The Morgan fingerprint density at radius 3 is 2.50 bits per heavy atom. The Hall–Kier alpha value is -2.36. The molecule has 4 heteroatoms. The average Bonchev–Trinajstić information content (AvgIpc) is 3.52. The molecule has 1 aromatic rings. The molecule has 1 aliphatic carbocycles. The minimum atomic E-state index is -0.950. The highest BCUT2D eigenvalue weighted by atomic mass is 19.1. The Morgan fingerprint density at radius 2 is 1.97 bits per heavy atom. The second-order valence-electron chi connectivity index (χ2n) is 8.64. The van der Waals surface area contributed by atoms with Crippen LogP contribution in [-0.4, -0.2) is 36.6 Å². The summed E-state index contributed by atoms with van der Waals surface area (Å²) in [6.45, 7) is 13.3. The fourth-order valence-corrected chi connectivity index (χ4v) is 3.75. The Bertz CT molecular complexity index is 752. The van der Waals surface area contributed by atoms with Gasteiger partial charge in [0.25, 0.3) is 0 Å². The zero-order chi connectivity index (χ0) is 22.1. The molecule has 1 aromatic carbocycles. The largest absolute Gasteiger partial charge is 0.389 e. The maximum Gasteiger partial charge on any atom is 0.226 e. The van der Waals surface area contributed by atoms with E-state index >= 15 is 0 Å². The Balaban J connectivity index is 0.000000396. The first kappa shape index (κ1) is 23.9. The molecule has 2 fully saturated rings. The van der Waals surface area contributed by atoms with Gasteiger partial charge in [0.1, 0.15) is 6.17 Å². The third-order valence-corrected chi connectivity index (χ3v) is 5.61. The SMILES string of the molecule is C/C=C\C=C(C)C.C=C(C)NC[C@H]1CCN(C(=O)C2C[C@H]2c2ccccc2)C[C@H]1F. The number of halogens is 1. The minimum Gasteiger partial charge on any atom is -0.389 e. The summed E-state index contributed by atoms with van der Waals surface area (Å²) in [5, 5.41) is 3.12. The molecule has 0 radical (unpaired) electrons. The van der Waals surface area contributed by atoms with Gasteiger partial charge in [0.2, 0.25) is 5.91 Å². The molecule has 30 heavy (non-hydrogen) atoms. The van der Waals surface area contributed by atoms with Gasteiger partial charge in [0, 0.05) is 30.6 Å². The molecular formula is C26H37FN2O. The van der Waals surface area contributed by atoms with Gasteiger partial charge in [-0.1, -0.05) is 60.7 Å². The van der Waals surface area contributed by atoms with E-state index in [-0.39, 0.29) is 24.3 Å². The number of benzene rings is 1. The molecule has 1 saturated carbocycles. The summed E-state index contributed by atoms with van der Waals surface area (Å²) in [6, 6.07) is 10.1. The normalized spacial score (nSPS) is 25.2. The van der Waals surface area contributed by atoms with Gasteiger partial charge in [-0.15, -0.1) is 0 Å². The van der Waals surface area contributed by atoms with Crippen LogP contribution in [0.1, 0.15) is 52.0 Å². The summed E-state index contributed by atoms with van der Waals surface area (Å²) in [4.78, 5) is 14.3. The van der Waals surface area contributed by atoms with Crippen molar-refractivity contribution in [2.24, 2.45) is 11.8 Å². The van der Waals surface area contributed by atoms with Crippen LogP contribution in [0.25, 0.3) is 0 Å². The number of piperidine rings is 1. The first-order valence-electron chi connectivity index (χ1n) is 11.0. The van der Waals surface area contributed by atoms with E-state index in [4.69, 9.17) is 0 Å². The molecule has 1 amide bonds. The van der Waals surface area contributed by atoms with Crippen molar-refractivity contribution < 1.29 is 9.18 Å². The van der Waals surface area contributed by atoms with Crippen LogP contribution in [0.5, 0.6) is 0 Å². The average molecular weight is 413 g/mol. The number of hydrogen-bond acceptors (Lipinski definition) is 2. The first-order valence-corrected chi connectivity index (χ1v) is 11.0. The van der Waals surface area contributed by atoms with Crippen molar-refractivity contribution in [1.82, 2.24) is 10.2 Å². The summed E-state index contributed by atoms with van der Waals surface area (Å²) in [6.07, 6.45) is 6.81. The van der Waals surface area contributed by atoms with Crippen LogP contribution in [0.3, 0.4) is 0 Å². The third kappa shape index (κ3) is 7.47. The second kappa shape index (κ2) is 11.7. The lowest BCUT2D eigenvalue weighted by atomic mass is 9.94. The minimum absolute atomic E-state index is 0.0279. The molecule has 0 bridgehead atoms. The lowest BCUT2D eigenvalue weighted by molar-refractivity contribution is -0.135. The number of nitrogens with zero attached hydrogens (tertiary/aromatic N) is 1.